The zero-order chi connectivity index (χ0) is 18.2. The molecule has 0 spiro atoms. The molecule has 0 saturated heterocycles. The molecule has 0 radical (unpaired) electrons. The van der Waals surface area contributed by atoms with E-state index in [2.05, 4.69) is 17.6 Å². The number of alkyl halides is 3. The van der Waals surface area contributed by atoms with E-state index in [0.717, 1.165) is 25.7 Å². The van der Waals surface area contributed by atoms with Gasteiger partial charge < -0.3 is 10.6 Å². The highest BCUT2D eigenvalue weighted by atomic mass is 35.6. The summed E-state index contributed by atoms with van der Waals surface area (Å²) in [6.45, 7) is 2.15. The Morgan fingerprint density at radius 1 is 1.08 bits per heavy atom. The lowest BCUT2D eigenvalue weighted by atomic mass is 10.1. The van der Waals surface area contributed by atoms with Crippen LogP contribution < -0.4 is 10.6 Å². The predicted octanol–water partition coefficient (Wildman–Crippen LogP) is 6.58. The minimum atomic E-state index is -1.72. The molecule has 1 aromatic rings. The van der Waals surface area contributed by atoms with E-state index in [9.17, 15) is 4.79 Å². The van der Waals surface area contributed by atoms with Crippen molar-refractivity contribution >= 4 is 69.6 Å². The minimum absolute atomic E-state index is 0.171. The lowest BCUT2D eigenvalue weighted by Crippen LogP contribution is -2.49. The van der Waals surface area contributed by atoms with E-state index < -0.39 is 9.96 Å². The number of carbonyl (C=O) groups is 1. The van der Waals surface area contributed by atoms with E-state index in [4.69, 9.17) is 58.0 Å². The van der Waals surface area contributed by atoms with Gasteiger partial charge in [0.15, 0.2) is 0 Å². The number of unbranched alkanes of at least 4 members (excludes halogenated alkanes) is 4. The van der Waals surface area contributed by atoms with Gasteiger partial charge in [0.25, 0.3) is 0 Å². The van der Waals surface area contributed by atoms with Crippen LogP contribution in [0, 0.1) is 0 Å². The first-order valence-corrected chi connectivity index (χ1v) is 9.70. The van der Waals surface area contributed by atoms with E-state index in [-0.39, 0.29) is 5.91 Å². The Morgan fingerprint density at radius 2 is 1.75 bits per heavy atom. The summed E-state index contributed by atoms with van der Waals surface area (Å²) in [5.41, 5.74) is 0.587. The van der Waals surface area contributed by atoms with Crippen LogP contribution in [0.3, 0.4) is 0 Å². The van der Waals surface area contributed by atoms with Crippen LogP contribution in [0.25, 0.3) is 0 Å². The number of halogens is 5. The normalized spacial score (nSPS) is 12.8. The zero-order valence-corrected chi connectivity index (χ0v) is 17.1. The third-order valence-corrected chi connectivity index (χ3v) is 4.76. The number of rotatable bonds is 9. The number of hydrogen-bond acceptors (Lipinski definition) is 2. The van der Waals surface area contributed by atoms with Gasteiger partial charge in [0.1, 0.15) is 6.17 Å². The first-order chi connectivity index (χ1) is 11.2. The van der Waals surface area contributed by atoms with Crippen LogP contribution in [0.1, 0.15) is 45.4 Å². The quantitative estimate of drug-likeness (QED) is 0.262. The van der Waals surface area contributed by atoms with Crippen LogP contribution in [0.15, 0.2) is 18.2 Å². The highest BCUT2D eigenvalue weighted by Crippen LogP contribution is 2.32. The predicted molar refractivity (Wildman–Crippen MR) is 106 cm³/mol. The molecule has 8 heteroatoms. The maximum absolute atomic E-state index is 12.1. The molecule has 1 aromatic carbocycles. The van der Waals surface area contributed by atoms with Crippen molar-refractivity contribution in [3.8, 4) is 0 Å². The Morgan fingerprint density at radius 3 is 2.33 bits per heavy atom. The molecule has 0 aromatic heterocycles. The van der Waals surface area contributed by atoms with Crippen LogP contribution in [-0.2, 0) is 4.79 Å². The molecule has 0 aliphatic heterocycles. The number of anilines is 1. The first-order valence-electron chi connectivity index (χ1n) is 7.81. The SMILES string of the molecule is CCCCCCCC(=O)N[C@@H](Nc1ccc(Cl)c(Cl)c1)C(Cl)(Cl)Cl. The molecule has 0 aliphatic carbocycles. The standard InChI is InChI=1S/C16H21Cl5N2O/c1-2-3-4-5-6-7-14(24)23-15(16(19,20)21)22-11-8-9-12(17)13(18)10-11/h8-10,15,22H,2-7H2,1H3,(H,23,24)/t15-/m1/s1. The van der Waals surface area contributed by atoms with Gasteiger partial charge in [0.05, 0.1) is 10.0 Å². The molecule has 0 aliphatic rings. The second kappa shape index (κ2) is 10.8. The summed E-state index contributed by atoms with van der Waals surface area (Å²) in [7, 11) is 0. The molecule has 0 saturated carbocycles. The molecule has 0 fully saturated rings. The van der Waals surface area contributed by atoms with Crippen molar-refractivity contribution in [2.45, 2.75) is 55.4 Å². The monoisotopic (exact) mass is 432 g/mol. The van der Waals surface area contributed by atoms with Gasteiger partial charge in [-0.15, -0.1) is 0 Å². The first kappa shape index (κ1) is 22.0. The molecule has 2 N–H and O–H groups in total. The molecule has 24 heavy (non-hydrogen) atoms. The molecular formula is C16H21Cl5N2O. The van der Waals surface area contributed by atoms with E-state index in [0.29, 0.717) is 22.2 Å². The Kier molecular flexibility index (Phi) is 9.91. The van der Waals surface area contributed by atoms with Gasteiger partial charge in [-0.3, -0.25) is 4.79 Å². The molecule has 3 nitrogen and oxygen atoms in total. The summed E-state index contributed by atoms with van der Waals surface area (Å²) in [5, 5.41) is 6.45. The molecule has 1 atom stereocenters. The molecule has 1 rings (SSSR count). The highest BCUT2D eigenvalue weighted by Gasteiger charge is 2.34. The Labute approximate surface area is 168 Å². The van der Waals surface area contributed by atoms with Crippen LogP contribution in [0.4, 0.5) is 5.69 Å². The summed E-state index contributed by atoms with van der Waals surface area (Å²) in [4.78, 5) is 12.1. The van der Waals surface area contributed by atoms with Crippen molar-refractivity contribution in [1.29, 1.82) is 0 Å². The molecule has 1 amide bonds. The van der Waals surface area contributed by atoms with Gasteiger partial charge >= 0.3 is 0 Å². The number of benzene rings is 1. The van der Waals surface area contributed by atoms with Gasteiger partial charge in [0, 0.05) is 12.1 Å². The van der Waals surface area contributed by atoms with E-state index >= 15 is 0 Å². The fourth-order valence-corrected chi connectivity index (χ4v) is 2.70. The molecule has 136 valence electrons. The second-order valence-corrected chi connectivity index (χ2v) is 8.66. The van der Waals surface area contributed by atoms with Gasteiger partial charge in [-0.25, -0.2) is 0 Å². The minimum Gasteiger partial charge on any atom is -0.362 e. The van der Waals surface area contributed by atoms with Crippen molar-refractivity contribution < 1.29 is 4.79 Å². The summed E-state index contributed by atoms with van der Waals surface area (Å²) >= 11 is 29.7. The van der Waals surface area contributed by atoms with Crippen LogP contribution >= 0.6 is 58.0 Å². The molecular weight excluding hydrogens is 413 g/mol. The van der Waals surface area contributed by atoms with Crippen molar-refractivity contribution in [3.63, 3.8) is 0 Å². The van der Waals surface area contributed by atoms with Gasteiger partial charge in [-0.1, -0.05) is 90.6 Å². The third-order valence-electron chi connectivity index (χ3n) is 3.37. The van der Waals surface area contributed by atoms with E-state index in [1.54, 1.807) is 18.2 Å². The maximum Gasteiger partial charge on any atom is 0.228 e. The molecule has 0 unspecified atom stereocenters. The number of nitrogens with one attached hydrogen (secondary N) is 2. The number of hydrogen-bond donors (Lipinski definition) is 2. The Balaban J connectivity index is 2.59. The molecule has 0 bridgehead atoms. The van der Waals surface area contributed by atoms with Crippen molar-refractivity contribution in [3.05, 3.63) is 28.2 Å². The fourth-order valence-electron chi connectivity index (χ4n) is 2.07. The van der Waals surface area contributed by atoms with Crippen molar-refractivity contribution in [1.82, 2.24) is 5.32 Å². The smallest absolute Gasteiger partial charge is 0.228 e. The van der Waals surface area contributed by atoms with E-state index in [1.807, 2.05) is 0 Å². The van der Waals surface area contributed by atoms with Crippen LogP contribution in [0.2, 0.25) is 10.0 Å². The zero-order valence-electron chi connectivity index (χ0n) is 13.4. The Bertz CT molecular complexity index is 534. The summed E-state index contributed by atoms with van der Waals surface area (Å²) in [5.74, 6) is -0.171. The van der Waals surface area contributed by atoms with Gasteiger partial charge in [-0.2, -0.15) is 0 Å². The van der Waals surface area contributed by atoms with E-state index in [1.165, 1.54) is 6.42 Å². The van der Waals surface area contributed by atoms with Crippen molar-refractivity contribution in [2.75, 3.05) is 5.32 Å². The largest absolute Gasteiger partial charge is 0.362 e. The van der Waals surface area contributed by atoms with Gasteiger partial charge in [-0.05, 0) is 24.6 Å². The summed E-state index contributed by atoms with van der Waals surface area (Å²) < 4.78 is -1.72. The summed E-state index contributed by atoms with van der Waals surface area (Å²) in [6, 6.07) is 4.91. The van der Waals surface area contributed by atoms with Crippen LogP contribution in [0.5, 0.6) is 0 Å². The van der Waals surface area contributed by atoms with Crippen molar-refractivity contribution in [2.24, 2.45) is 0 Å². The number of amides is 1. The lowest BCUT2D eigenvalue weighted by molar-refractivity contribution is -0.121. The average molecular weight is 435 g/mol. The second-order valence-electron chi connectivity index (χ2n) is 5.48. The van der Waals surface area contributed by atoms with Crippen LogP contribution in [-0.4, -0.2) is 15.9 Å². The summed E-state index contributed by atoms with van der Waals surface area (Å²) in [6.07, 6.45) is 4.80. The highest BCUT2D eigenvalue weighted by molar-refractivity contribution is 6.68. The Hall–Kier alpha value is -0.0600. The lowest BCUT2D eigenvalue weighted by Gasteiger charge is -2.27. The fraction of sp³-hybridized carbons (Fsp3) is 0.562. The maximum atomic E-state index is 12.1. The number of carbonyl (C=O) groups excluding carboxylic acids is 1. The van der Waals surface area contributed by atoms with Gasteiger partial charge in [0.2, 0.25) is 9.70 Å². The topological polar surface area (TPSA) is 41.1 Å². The average Bonchev–Trinajstić information content (AvgIpc) is 2.49. The molecule has 0 heterocycles. The third kappa shape index (κ3) is 8.35.